The molecule has 0 radical (unpaired) electrons. The van der Waals surface area contributed by atoms with Crippen molar-refractivity contribution in [3.63, 3.8) is 0 Å². The van der Waals surface area contributed by atoms with E-state index in [0.717, 1.165) is 5.56 Å². The van der Waals surface area contributed by atoms with Gasteiger partial charge in [0.05, 0.1) is 0 Å². The lowest BCUT2D eigenvalue weighted by atomic mass is 10.0. The number of carbonyl (C=O) groups is 4. The summed E-state index contributed by atoms with van der Waals surface area (Å²) in [5, 5.41) is 15.8. The molecule has 174 valence electrons. The Labute approximate surface area is 188 Å². The van der Waals surface area contributed by atoms with E-state index in [-0.39, 0.29) is 12.3 Å². The lowest BCUT2D eigenvalue weighted by Crippen LogP contribution is -2.60. The monoisotopic (exact) mass is 444 g/mol. The van der Waals surface area contributed by atoms with Crippen LogP contribution in [0.25, 0.3) is 0 Å². The van der Waals surface area contributed by atoms with E-state index in [9.17, 15) is 24.3 Å². The van der Waals surface area contributed by atoms with Crippen LogP contribution in [0.1, 0.15) is 45.1 Å². The number of hydrogen-bond donors (Lipinski definition) is 4. The molecule has 4 N–H and O–H groups in total. The van der Waals surface area contributed by atoms with Crippen LogP contribution < -0.4 is 16.1 Å². The van der Waals surface area contributed by atoms with Crippen molar-refractivity contribution in [3.8, 4) is 0 Å². The van der Waals surface area contributed by atoms with E-state index >= 15 is 0 Å². The van der Waals surface area contributed by atoms with Crippen LogP contribution in [0.2, 0.25) is 0 Å². The molecule has 0 bridgehead atoms. The molecule has 1 aliphatic heterocycles. The first-order valence-corrected chi connectivity index (χ1v) is 10.9. The molecule has 32 heavy (non-hydrogen) atoms. The number of rotatable bonds is 10. The van der Waals surface area contributed by atoms with Crippen LogP contribution >= 0.6 is 0 Å². The molecule has 1 aliphatic rings. The van der Waals surface area contributed by atoms with Crippen LogP contribution in [-0.2, 0) is 25.6 Å². The van der Waals surface area contributed by atoms with Crippen LogP contribution in [0, 0.1) is 0 Å². The Morgan fingerprint density at radius 3 is 2.59 bits per heavy atom. The molecule has 1 fully saturated rings. The smallest absolute Gasteiger partial charge is 0.322 e. The molecular formula is C23H32N4O5. The second-order valence-corrected chi connectivity index (χ2v) is 7.80. The summed E-state index contributed by atoms with van der Waals surface area (Å²) < 4.78 is 0. The Hall–Kier alpha value is -3.20. The highest BCUT2D eigenvalue weighted by atomic mass is 16.4. The fourth-order valence-electron chi connectivity index (χ4n) is 3.44. The summed E-state index contributed by atoms with van der Waals surface area (Å²) in [7, 11) is 0. The number of nitrogens with one attached hydrogen (secondary N) is 3. The number of aliphatic carboxylic acids is 1. The zero-order valence-corrected chi connectivity index (χ0v) is 18.5. The first kappa shape index (κ1) is 25.1. The fraction of sp³-hybridized carbons (Fsp3) is 0.478. The number of nitrogens with zero attached hydrogens (tertiary/aromatic N) is 1. The molecule has 3 amide bonds. The van der Waals surface area contributed by atoms with Crippen molar-refractivity contribution in [1.82, 2.24) is 21.1 Å². The molecule has 2 unspecified atom stereocenters. The summed E-state index contributed by atoms with van der Waals surface area (Å²) in [6.07, 6.45) is 5.57. The first-order valence-electron chi connectivity index (χ1n) is 10.9. The van der Waals surface area contributed by atoms with Gasteiger partial charge in [-0.15, -0.1) is 0 Å². The van der Waals surface area contributed by atoms with Gasteiger partial charge >= 0.3 is 5.97 Å². The third-order valence-corrected chi connectivity index (χ3v) is 5.23. The van der Waals surface area contributed by atoms with Crippen LogP contribution in [0.3, 0.4) is 0 Å². The van der Waals surface area contributed by atoms with Gasteiger partial charge in [-0.1, -0.05) is 42.5 Å². The summed E-state index contributed by atoms with van der Waals surface area (Å²) >= 11 is 0. The number of carboxylic acid groups (broad SMARTS) is 1. The maximum atomic E-state index is 12.9. The van der Waals surface area contributed by atoms with E-state index in [4.69, 9.17) is 0 Å². The maximum Gasteiger partial charge on any atom is 0.322 e. The number of allylic oxidation sites excluding steroid dienone is 1. The fourth-order valence-corrected chi connectivity index (χ4v) is 3.44. The van der Waals surface area contributed by atoms with Crippen molar-refractivity contribution in [3.05, 3.63) is 48.0 Å². The second-order valence-electron chi connectivity index (χ2n) is 7.80. The molecule has 0 aliphatic carbocycles. The minimum atomic E-state index is -1.02. The van der Waals surface area contributed by atoms with Crippen molar-refractivity contribution < 1.29 is 24.3 Å². The van der Waals surface area contributed by atoms with E-state index < -0.39 is 35.9 Å². The lowest BCUT2D eigenvalue weighted by Gasteiger charge is -2.33. The number of hydrogen-bond acceptors (Lipinski definition) is 5. The molecule has 1 saturated heterocycles. The lowest BCUT2D eigenvalue weighted by molar-refractivity contribution is -0.148. The number of carbonyl (C=O) groups excluding carboxylic acids is 3. The number of benzene rings is 1. The molecule has 9 heteroatoms. The van der Waals surface area contributed by atoms with Gasteiger partial charge in [0, 0.05) is 13.0 Å². The topological polar surface area (TPSA) is 128 Å². The molecule has 0 aromatic heterocycles. The summed E-state index contributed by atoms with van der Waals surface area (Å²) in [5.74, 6) is -2.19. The number of hydrazine groups is 1. The summed E-state index contributed by atoms with van der Waals surface area (Å²) in [6, 6.07) is 7.10. The van der Waals surface area contributed by atoms with Crippen molar-refractivity contribution in [2.45, 2.75) is 64.1 Å². The van der Waals surface area contributed by atoms with Gasteiger partial charge < -0.3 is 15.7 Å². The Kier molecular flexibility index (Phi) is 9.87. The molecule has 1 heterocycles. The van der Waals surface area contributed by atoms with E-state index in [1.807, 2.05) is 37.3 Å². The van der Waals surface area contributed by atoms with Crippen molar-refractivity contribution in [1.29, 1.82) is 0 Å². The average molecular weight is 445 g/mol. The second kappa shape index (κ2) is 12.6. The summed E-state index contributed by atoms with van der Waals surface area (Å²) in [4.78, 5) is 49.1. The van der Waals surface area contributed by atoms with Gasteiger partial charge in [-0.2, -0.15) is 0 Å². The molecule has 0 spiro atoms. The Bertz CT molecular complexity index is 827. The van der Waals surface area contributed by atoms with E-state index in [2.05, 4.69) is 16.1 Å². The maximum absolute atomic E-state index is 12.9. The van der Waals surface area contributed by atoms with Crippen molar-refractivity contribution in [2.24, 2.45) is 0 Å². The van der Waals surface area contributed by atoms with Crippen LogP contribution in [-0.4, -0.2) is 58.5 Å². The van der Waals surface area contributed by atoms with Crippen molar-refractivity contribution in [2.75, 3.05) is 6.54 Å². The van der Waals surface area contributed by atoms with Crippen LogP contribution in [0.15, 0.2) is 42.5 Å². The predicted octanol–water partition coefficient (Wildman–Crippen LogP) is 1.16. The molecule has 0 saturated carbocycles. The molecule has 9 nitrogen and oxygen atoms in total. The molecular weight excluding hydrogens is 412 g/mol. The number of aryl methyl sites for hydroxylation is 1. The van der Waals surface area contributed by atoms with E-state index in [0.29, 0.717) is 32.2 Å². The number of amides is 3. The Balaban J connectivity index is 2.00. The first-order chi connectivity index (χ1) is 15.3. The normalized spacial score (nSPS) is 18.1. The van der Waals surface area contributed by atoms with E-state index in [1.165, 1.54) is 5.01 Å². The van der Waals surface area contributed by atoms with E-state index in [1.54, 1.807) is 19.1 Å². The quantitative estimate of drug-likeness (QED) is 0.401. The van der Waals surface area contributed by atoms with Crippen LogP contribution in [0.4, 0.5) is 0 Å². The molecule has 1 aromatic carbocycles. The van der Waals surface area contributed by atoms with Crippen LogP contribution in [0.5, 0.6) is 0 Å². The third-order valence-electron chi connectivity index (χ3n) is 5.23. The summed E-state index contributed by atoms with van der Waals surface area (Å²) in [5.41, 5.74) is 3.73. The standard InChI is InChI=1S/C23H32N4O5/c1-3-4-12-20(28)25-18(14-13-17-9-6-5-7-10-17)21(29)24-16(2)22(30)27-15-8-11-19(26-27)23(31)32/h3-7,9-10,16,18-19,26H,8,11-15H2,1-2H3,(H,24,29)(H,25,28)(H,31,32)/b4-3+/t16?,18?,19-/m0/s1. The highest BCUT2D eigenvalue weighted by Gasteiger charge is 2.31. The molecule has 2 rings (SSSR count). The van der Waals surface area contributed by atoms with Crippen molar-refractivity contribution >= 4 is 23.7 Å². The predicted molar refractivity (Wildman–Crippen MR) is 119 cm³/mol. The zero-order chi connectivity index (χ0) is 23.5. The molecule has 3 atom stereocenters. The molecule has 1 aromatic rings. The average Bonchev–Trinajstić information content (AvgIpc) is 2.80. The van der Waals surface area contributed by atoms with Gasteiger partial charge in [0.25, 0.3) is 5.91 Å². The minimum absolute atomic E-state index is 0.161. The Morgan fingerprint density at radius 1 is 1.22 bits per heavy atom. The largest absolute Gasteiger partial charge is 0.480 e. The van der Waals surface area contributed by atoms with Gasteiger partial charge in [0.1, 0.15) is 18.1 Å². The summed E-state index contributed by atoms with van der Waals surface area (Å²) in [6.45, 7) is 3.71. The third kappa shape index (κ3) is 7.81. The van der Waals surface area contributed by atoms with Gasteiger partial charge in [-0.25, -0.2) is 5.43 Å². The Morgan fingerprint density at radius 2 is 1.94 bits per heavy atom. The highest BCUT2D eigenvalue weighted by Crippen LogP contribution is 2.10. The number of carboxylic acids is 1. The zero-order valence-electron chi connectivity index (χ0n) is 18.5. The SMILES string of the molecule is C/C=C/CC(=O)NC(CCc1ccccc1)C(=O)NC(C)C(=O)N1CCC[C@@H](C(=O)O)N1. The minimum Gasteiger partial charge on any atom is -0.480 e. The van der Waals surface area contributed by atoms with Gasteiger partial charge in [0.2, 0.25) is 11.8 Å². The van der Waals surface area contributed by atoms with Gasteiger partial charge in [-0.05, 0) is 45.1 Å². The highest BCUT2D eigenvalue weighted by molar-refractivity contribution is 5.92. The van der Waals surface area contributed by atoms with Gasteiger partial charge in [0.15, 0.2) is 0 Å². The van der Waals surface area contributed by atoms with Gasteiger partial charge in [-0.3, -0.25) is 24.2 Å².